The Kier molecular flexibility index (Phi) is 6.12. The predicted octanol–water partition coefficient (Wildman–Crippen LogP) is 2.62. The number of carbonyl (C=O) groups is 1. The van der Waals surface area contributed by atoms with Crippen molar-refractivity contribution in [2.45, 2.75) is 12.8 Å². The van der Waals surface area contributed by atoms with E-state index in [1.54, 1.807) is 33.3 Å². The number of hydrogen-bond acceptors (Lipinski definition) is 8. The van der Waals surface area contributed by atoms with Crippen LogP contribution in [0.15, 0.2) is 12.1 Å². The van der Waals surface area contributed by atoms with Gasteiger partial charge in [-0.2, -0.15) is 0 Å². The summed E-state index contributed by atoms with van der Waals surface area (Å²) in [7, 11) is 6.29. The number of nitrogens with zero attached hydrogens (tertiary/aromatic N) is 3. The Morgan fingerprint density at radius 3 is 2.30 bits per heavy atom. The molecule has 0 aliphatic heterocycles. The van der Waals surface area contributed by atoms with E-state index in [0.29, 0.717) is 40.5 Å². The summed E-state index contributed by atoms with van der Waals surface area (Å²) >= 11 is 1.35. The maximum atomic E-state index is 12.6. The van der Waals surface area contributed by atoms with Crippen molar-refractivity contribution in [3.63, 3.8) is 0 Å². The van der Waals surface area contributed by atoms with E-state index in [2.05, 4.69) is 10.2 Å². The Morgan fingerprint density at radius 1 is 1.11 bits per heavy atom. The van der Waals surface area contributed by atoms with Crippen LogP contribution in [0.25, 0.3) is 10.6 Å². The number of aromatic nitrogens is 2. The Morgan fingerprint density at radius 2 is 1.78 bits per heavy atom. The van der Waals surface area contributed by atoms with Gasteiger partial charge in [-0.1, -0.05) is 11.3 Å². The van der Waals surface area contributed by atoms with Crippen LogP contribution in [0, 0.1) is 5.92 Å². The highest BCUT2D eigenvalue weighted by Crippen LogP contribution is 2.42. The van der Waals surface area contributed by atoms with Crippen molar-refractivity contribution in [1.82, 2.24) is 10.2 Å². The molecule has 1 aromatic carbocycles. The monoisotopic (exact) mass is 393 g/mol. The molecule has 3 rings (SSSR count). The maximum absolute atomic E-state index is 12.6. The minimum Gasteiger partial charge on any atom is -0.493 e. The van der Waals surface area contributed by atoms with Crippen LogP contribution in [-0.2, 0) is 9.53 Å². The highest BCUT2D eigenvalue weighted by Gasteiger charge is 2.35. The van der Waals surface area contributed by atoms with E-state index in [1.807, 2.05) is 12.1 Å². The van der Waals surface area contributed by atoms with Crippen molar-refractivity contribution in [2.75, 3.05) is 46.5 Å². The van der Waals surface area contributed by atoms with Crippen LogP contribution >= 0.6 is 11.3 Å². The van der Waals surface area contributed by atoms with Gasteiger partial charge in [0.15, 0.2) is 11.5 Å². The zero-order chi connectivity index (χ0) is 19.4. The normalized spacial score (nSPS) is 13.3. The molecule has 0 atom stereocenters. The lowest BCUT2D eigenvalue weighted by Crippen LogP contribution is -2.35. The van der Waals surface area contributed by atoms with E-state index in [-0.39, 0.29) is 11.8 Å². The van der Waals surface area contributed by atoms with E-state index in [4.69, 9.17) is 18.9 Å². The maximum Gasteiger partial charge on any atom is 0.232 e. The van der Waals surface area contributed by atoms with Crippen LogP contribution in [0.4, 0.5) is 5.13 Å². The fourth-order valence-electron chi connectivity index (χ4n) is 2.68. The van der Waals surface area contributed by atoms with Gasteiger partial charge in [0, 0.05) is 18.6 Å². The molecule has 1 aliphatic carbocycles. The molecular weight excluding hydrogens is 370 g/mol. The van der Waals surface area contributed by atoms with Crippen molar-refractivity contribution in [3.05, 3.63) is 12.1 Å². The highest BCUT2D eigenvalue weighted by molar-refractivity contribution is 7.18. The molecule has 2 aromatic rings. The van der Waals surface area contributed by atoms with Gasteiger partial charge in [-0.3, -0.25) is 9.69 Å². The second-order valence-electron chi connectivity index (χ2n) is 6.06. The molecule has 0 bridgehead atoms. The Hall–Kier alpha value is -2.39. The average molecular weight is 393 g/mol. The minimum atomic E-state index is 0.0830. The van der Waals surface area contributed by atoms with Crippen LogP contribution in [-0.4, -0.2) is 57.7 Å². The van der Waals surface area contributed by atoms with Gasteiger partial charge < -0.3 is 18.9 Å². The van der Waals surface area contributed by atoms with Gasteiger partial charge >= 0.3 is 0 Å². The molecule has 0 saturated heterocycles. The first-order valence-electron chi connectivity index (χ1n) is 8.57. The van der Waals surface area contributed by atoms with E-state index < -0.39 is 0 Å². The molecule has 1 aromatic heterocycles. The third-order valence-corrected chi connectivity index (χ3v) is 5.26. The van der Waals surface area contributed by atoms with Crippen LogP contribution in [0.5, 0.6) is 17.2 Å². The van der Waals surface area contributed by atoms with Crippen molar-refractivity contribution in [1.29, 1.82) is 0 Å². The van der Waals surface area contributed by atoms with Gasteiger partial charge in [-0.25, -0.2) is 0 Å². The summed E-state index contributed by atoms with van der Waals surface area (Å²) in [6, 6.07) is 3.63. The molecule has 1 heterocycles. The SMILES string of the molecule is COCCN(C(=O)C1CC1)c1nnc(-c2cc(OC)c(OC)c(OC)c2)s1. The lowest BCUT2D eigenvalue weighted by molar-refractivity contribution is -0.119. The van der Waals surface area contributed by atoms with Gasteiger partial charge in [0.1, 0.15) is 5.01 Å². The summed E-state index contributed by atoms with van der Waals surface area (Å²) in [5, 5.41) is 9.73. The smallest absolute Gasteiger partial charge is 0.232 e. The summed E-state index contributed by atoms with van der Waals surface area (Å²) in [4.78, 5) is 14.3. The zero-order valence-electron chi connectivity index (χ0n) is 15.9. The highest BCUT2D eigenvalue weighted by atomic mass is 32.1. The lowest BCUT2D eigenvalue weighted by atomic mass is 10.2. The molecule has 8 nitrogen and oxygen atoms in total. The minimum absolute atomic E-state index is 0.0830. The first-order valence-corrected chi connectivity index (χ1v) is 9.38. The Labute approximate surface area is 162 Å². The van der Waals surface area contributed by atoms with Gasteiger partial charge in [-0.05, 0) is 25.0 Å². The second kappa shape index (κ2) is 8.53. The molecule has 0 spiro atoms. The van der Waals surface area contributed by atoms with E-state index in [1.165, 1.54) is 11.3 Å². The molecule has 27 heavy (non-hydrogen) atoms. The largest absolute Gasteiger partial charge is 0.493 e. The number of ether oxygens (including phenoxy) is 4. The lowest BCUT2D eigenvalue weighted by Gasteiger charge is -2.18. The molecule has 1 fully saturated rings. The molecule has 1 amide bonds. The van der Waals surface area contributed by atoms with Crippen molar-refractivity contribution in [2.24, 2.45) is 5.92 Å². The third kappa shape index (κ3) is 4.14. The molecule has 0 unspecified atom stereocenters. The number of anilines is 1. The topological polar surface area (TPSA) is 83.0 Å². The van der Waals surface area contributed by atoms with Gasteiger partial charge in [0.2, 0.25) is 16.8 Å². The van der Waals surface area contributed by atoms with E-state index in [9.17, 15) is 4.79 Å². The van der Waals surface area contributed by atoms with Crippen molar-refractivity contribution < 1.29 is 23.7 Å². The molecular formula is C18H23N3O5S. The quantitative estimate of drug-likeness (QED) is 0.647. The summed E-state index contributed by atoms with van der Waals surface area (Å²) in [6.07, 6.45) is 1.86. The van der Waals surface area contributed by atoms with Gasteiger partial charge in [0.05, 0.1) is 34.5 Å². The molecule has 1 saturated carbocycles. The summed E-state index contributed by atoms with van der Waals surface area (Å²) in [5.41, 5.74) is 0.777. The average Bonchev–Trinajstić information content (AvgIpc) is 3.44. The predicted molar refractivity (Wildman–Crippen MR) is 102 cm³/mol. The number of amides is 1. The molecule has 146 valence electrons. The Bertz CT molecular complexity index is 781. The Balaban J connectivity index is 1.92. The van der Waals surface area contributed by atoms with E-state index >= 15 is 0 Å². The first-order chi connectivity index (χ1) is 13.1. The van der Waals surface area contributed by atoms with Gasteiger partial charge in [0.25, 0.3) is 0 Å². The van der Waals surface area contributed by atoms with Crippen LogP contribution in [0.2, 0.25) is 0 Å². The molecule has 9 heteroatoms. The summed E-state index contributed by atoms with van der Waals surface area (Å²) < 4.78 is 21.3. The third-order valence-electron chi connectivity index (χ3n) is 4.27. The number of methoxy groups -OCH3 is 4. The van der Waals surface area contributed by atoms with Crippen LogP contribution in [0.3, 0.4) is 0 Å². The molecule has 0 N–H and O–H groups in total. The summed E-state index contributed by atoms with van der Waals surface area (Å²) in [5.74, 6) is 1.76. The second-order valence-corrected chi connectivity index (χ2v) is 7.02. The summed E-state index contributed by atoms with van der Waals surface area (Å²) in [6.45, 7) is 0.896. The number of carbonyl (C=O) groups excluding carboxylic acids is 1. The van der Waals surface area contributed by atoms with Crippen LogP contribution < -0.4 is 19.1 Å². The zero-order valence-corrected chi connectivity index (χ0v) is 16.7. The molecule has 0 radical (unpaired) electrons. The van der Waals surface area contributed by atoms with Crippen molar-refractivity contribution >= 4 is 22.4 Å². The van der Waals surface area contributed by atoms with Gasteiger partial charge in [-0.15, -0.1) is 10.2 Å². The first kappa shape index (κ1) is 19.4. The molecule has 1 aliphatic rings. The number of rotatable bonds is 9. The standard InChI is InChI=1S/C18H23N3O5S/c1-23-8-7-21(17(22)11-5-6-11)18-20-19-16(27-18)12-9-13(24-2)15(26-4)14(10-12)25-3/h9-11H,5-8H2,1-4H3. The fraction of sp³-hybridized carbons (Fsp3) is 0.500. The van der Waals surface area contributed by atoms with Crippen LogP contribution in [0.1, 0.15) is 12.8 Å². The fourth-order valence-corrected chi connectivity index (χ4v) is 3.54. The van der Waals surface area contributed by atoms with E-state index in [0.717, 1.165) is 18.4 Å². The number of benzene rings is 1. The van der Waals surface area contributed by atoms with Crippen molar-refractivity contribution in [3.8, 4) is 27.8 Å². The number of hydrogen-bond donors (Lipinski definition) is 0.